The standard InChI is InChI=1S/C12H18N2/c1-3-5-7-12-10(6-4-2)8-11(9-13)14-12/h3,5-8,14H,4,9,13H2,1-2H3/b5-3-,10-6-,12-7+. The summed E-state index contributed by atoms with van der Waals surface area (Å²) in [7, 11) is 0. The number of aromatic amines is 1. The minimum absolute atomic E-state index is 0.564. The summed E-state index contributed by atoms with van der Waals surface area (Å²) < 4.78 is 0. The van der Waals surface area contributed by atoms with Crippen LogP contribution >= 0.6 is 0 Å². The fourth-order valence-electron chi connectivity index (χ4n) is 1.38. The van der Waals surface area contributed by atoms with Crippen molar-refractivity contribution >= 4 is 12.2 Å². The van der Waals surface area contributed by atoms with E-state index in [-0.39, 0.29) is 0 Å². The highest BCUT2D eigenvalue weighted by atomic mass is 14.7. The van der Waals surface area contributed by atoms with Crippen LogP contribution in [-0.4, -0.2) is 4.98 Å². The summed E-state index contributed by atoms with van der Waals surface area (Å²) in [5, 5.41) is 2.39. The van der Waals surface area contributed by atoms with E-state index >= 15 is 0 Å². The third-order valence-corrected chi connectivity index (χ3v) is 2.04. The van der Waals surface area contributed by atoms with Crippen molar-refractivity contribution in [2.45, 2.75) is 26.8 Å². The van der Waals surface area contributed by atoms with Gasteiger partial charge in [-0.25, -0.2) is 0 Å². The smallest absolute Gasteiger partial charge is 0.0453 e. The summed E-state index contributed by atoms with van der Waals surface area (Å²) in [6.07, 6.45) is 9.35. The van der Waals surface area contributed by atoms with Gasteiger partial charge in [-0.3, -0.25) is 0 Å². The summed E-state index contributed by atoms with van der Waals surface area (Å²) in [5.41, 5.74) is 6.66. The molecule has 1 aromatic rings. The zero-order valence-corrected chi connectivity index (χ0v) is 8.88. The number of rotatable bonds is 3. The van der Waals surface area contributed by atoms with Gasteiger partial charge < -0.3 is 10.7 Å². The fraction of sp³-hybridized carbons (Fsp3) is 0.333. The predicted octanol–water partition coefficient (Wildman–Crippen LogP) is 1.02. The Morgan fingerprint density at radius 2 is 2.29 bits per heavy atom. The Labute approximate surface area is 84.8 Å². The molecule has 0 atom stereocenters. The van der Waals surface area contributed by atoms with Gasteiger partial charge in [-0.1, -0.05) is 25.2 Å². The van der Waals surface area contributed by atoms with E-state index in [1.54, 1.807) is 0 Å². The number of nitrogens with one attached hydrogen (secondary N) is 1. The molecule has 0 fully saturated rings. The van der Waals surface area contributed by atoms with Gasteiger partial charge in [-0.2, -0.15) is 0 Å². The maximum atomic E-state index is 5.58. The van der Waals surface area contributed by atoms with E-state index in [1.807, 2.05) is 19.1 Å². The topological polar surface area (TPSA) is 41.8 Å². The average Bonchev–Trinajstić information content (AvgIpc) is 2.58. The number of allylic oxidation sites excluding steroid dienone is 2. The van der Waals surface area contributed by atoms with Crippen LogP contribution in [0.1, 0.15) is 26.0 Å². The third-order valence-electron chi connectivity index (χ3n) is 2.04. The first-order valence-electron chi connectivity index (χ1n) is 5.03. The predicted molar refractivity (Wildman–Crippen MR) is 62.0 cm³/mol. The zero-order chi connectivity index (χ0) is 10.4. The van der Waals surface area contributed by atoms with Gasteiger partial charge in [0.15, 0.2) is 0 Å². The molecule has 0 aliphatic carbocycles. The highest BCUT2D eigenvalue weighted by Gasteiger charge is 1.92. The van der Waals surface area contributed by atoms with E-state index in [9.17, 15) is 0 Å². The van der Waals surface area contributed by atoms with Crippen molar-refractivity contribution in [3.8, 4) is 0 Å². The number of hydrogen-bond donors (Lipinski definition) is 2. The quantitative estimate of drug-likeness (QED) is 0.734. The summed E-state index contributed by atoms with van der Waals surface area (Å²) in [6, 6.07) is 2.11. The molecule has 0 spiro atoms. The lowest BCUT2D eigenvalue weighted by atomic mass is 10.3. The summed E-state index contributed by atoms with van der Waals surface area (Å²) in [6.45, 7) is 4.70. The van der Waals surface area contributed by atoms with Crippen LogP contribution in [0.3, 0.4) is 0 Å². The lowest BCUT2D eigenvalue weighted by molar-refractivity contribution is 1.00. The number of aromatic nitrogens is 1. The molecule has 0 saturated carbocycles. The van der Waals surface area contributed by atoms with Gasteiger partial charge in [-0.05, 0) is 30.7 Å². The normalized spacial score (nSPS) is 14.5. The SMILES string of the molecule is C\C=C/C=c1/[nH]c(CN)c/c1=C/CC. The highest BCUT2D eigenvalue weighted by Crippen LogP contribution is 1.84. The number of H-pyrrole nitrogens is 1. The molecule has 2 nitrogen and oxygen atoms in total. The second-order valence-electron chi connectivity index (χ2n) is 3.17. The number of hydrogen-bond acceptors (Lipinski definition) is 1. The molecule has 0 bridgehead atoms. The minimum atomic E-state index is 0.564. The molecular formula is C12H18N2. The second kappa shape index (κ2) is 5.45. The van der Waals surface area contributed by atoms with Gasteiger partial charge in [-0.15, -0.1) is 0 Å². The first-order chi connectivity index (χ1) is 6.81. The third kappa shape index (κ3) is 2.60. The molecule has 3 N–H and O–H groups in total. The molecule has 14 heavy (non-hydrogen) atoms. The van der Waals surface area contributed by atoms with E-state index in [2.05, 4.69) is 30.1 Å². The van der Waals surface area contributed by atoms with Crippen LogP contribution in [0.4, 0.5) is 0 Å². The molecule has 0 aromatic carbocycles. The molecule has 76 valence electrons. The molecule has 0 radical (unpaired) electrons. The monoisotopic (exact) mass is 190 g/mol. The van der Waals surface area contributed by atoms with Crippen LogP contribution in [0.15, 0.2) is 18.2 Å². The summed E-state index contributed by atoms with van der Waals surface area (Å²) in [5.74, 6) is 0. The Morgan fingerprint density at radius 1 is 1.50 bits per heavy atom. The zero-order valence-electron chi connectivity index (χ0n) is 8.88. The maximum Gasteiger partial charge on any atom is 0.0453 e. The Kier molecular flexibility index (Phi) is 4.20. The molecule has 1 heterocycles. The van der Waals surface area contributed by atoms with Gasteiger partial charge in [0.05, 0.1) is 0 Å². The Morgan fingerprint density at radius 3 is 2.86 bits per heavy atom. The van der Waals surface area contributed by atoms with Crippen LogP contribution < -0.4 is 16.3 Å². The molecule has 0 aliphatic heterocycles. The van der Waals surface area contributed by atoms with Gasteiger partial charge in [0.1, 0.15) is 0 Å². The second-order valence-corrected chi connectivity index (χ2v) is 3.17. The minimum Gasteiger partial charge on any atom is -0.357 e. The molecule has 0 saturated heterocycles. The molecule has 1 rings (SSSR count). The van der Waals surface area contributed by atoms with Crippen molar-refractivity contribution < 1.29 is 0 Å². The van der Waals surface area contributed by atoms with E-state index in [0.29, 0.717) is 6.54 Å². The van der Waals surface area contributed by atoms with Crippen LogP contribution in [-0.2, 0) is 6.54 Å². The number of nitrogens with two attached hydrogens (primary N) is 1. The Bertz CT molecular complexity index is 410. The first kappa shape index (κ1) is 10.8. The average molecular weight is 190 g/mol. The van der Waals surface area contributed by atoms with E-state index < -0.39 is 0 Å². The lowest BCUT2D eigenvalue weighted by Gasteiger charge is -1.83. The van der Waals surface area contributed by atoms with Crippen molar-refractivity contribution in [1.82, 2.24) is 4.98 Å². The highest BCUT2D eigenvalue weighted by molar-refractivity contribution is 5.38. The molecule has 0 aliphatic rings. The van der Waals surface area contributed by atoms with Gasteiger partial charge in [0, 0.05) is 17.6 Å². The Hall–Kier alpha value is -1.28. The van der Waals surface area contributed by atoms with Crippen molar-refractivity contribution in [1.29, 1.82) is 0 Å². The molecule has 2 heteroatoms. The summed E-state index contributed by atoms with van der Waals surface area (Å²) >= 11 is 0. The van der Waals surface area contributed by atoms with Gasteiger partial charge >= 0.3 is 0 Å². The van der Waals surface area contributed by atoms with Gasteiger partial charge in [0.25, 0.3) is 0 Å². The largest absolute Gasteiger partial charge is 0.357 e. The first-order valence-corrected chi connectivity index (χ1v) is 5.03. The molecule has 0 amide bonds. The van der Waals surface area contributed by atoms with Crippen molar-refractivity contribution in [3.05, 3.63) is 34.5 Å². The van der Waals surface area contributed by atoms with Crippen LogP contribution in [0.5, 0.6) is 0 Å². The van der Waals surface area contributed by atoms with E-state index in [4.69, 9.17) is 5.73 Å². The van der Waals surface area contributed by atoms with Crippen LogP contribution in [0.25, 0.3) is 12.2 Å². The van der Waals surface area contributed by atoms with Crippen LogP contribution in [0.2, 0.25) is 0 Å². The Balaban J connectivity index is 3.26. The van der Waals surface area contributed by atoms with Crippen molar-refractivity contribution in [2.75, 3.05) is 0 Å². The maximum absolute atomic E-state index is 5.58. The fourth-order valence-corrected chi connectivity index (χ4v) is 1.38. The van der Waals surface area contributed by atoms with Gasteiger partial charge in [0.2, 0.25) is 0 Å². The van der Waals surface area contributed by atoms with Crippen LogP contribution in [0, 0.1) is 0 Å². The van der Waals surface area contributed by atoms with E-state index in [0.717, 1.165) is 17.5 Å². The molecule has 1 aromatic heterocycles. The summed E-state index contributed by atoms with van der Waals surface area (Å²) in [4.78, 5) is 3.29. The molecular weight excluding hydrogens is 172 g/mol. The molecule has 0 unspecified atom stereocenters. The van der Waals surface area contributed by atoms with Crippen molar-refractivity contribution in [3.63, 3.8) is 0 Å². The van der Waals surface area contributed by atoms with Crippen molar-refractivity contribution in [2.24, 2.45) is 5.73 Å². The lowest BCUT2D eigenvalue weighted by Crippen LogP contribution is -2.21. The van der Waals surface area contributed by atoms with E-state index in [1.165, 1.54) is 5.22 Å².